The molecule has 0 aromatic heterocycles. The molecule has 1 aliphatic carbocycles. The number of likely N-dealkylation sites (N-methyl/N-ethyl adjacent to an activating group) is 1. The number of hydrogen-bond donors (Lipinski definition) is 1. The number of benzene rings is 1. The van der Waals surface area contributed by atoms with Crippen LogP contribution in [0.3, 0.4) is 0 Å². The lowest BCUT2D eigenvalue weighted by atomic mass is 10.0. The highest BCUT2D eigenvalue weighted by atomic mass is 19.1. The molecular formula is C17H23FN2O2. The van der Waals surface area contributed by atoms with Crippen LogP contribution < -0.4 is 0 Å². The Kier molecular flexibility index (Phi) is 4.19. The molecule has 22 heavy (non-hydrogen) atoms. The third kappa shape index (κ3) is 2.88. The molecule has 1 saturated heterocycles. The van der Waals surface area contributed by atoms with Crippen molar-refractivity contribution >= 4 is 5.91 Å². The molecular weight excluding hydrogens is 283 g/mol. The van der Waals surface area contributed by atoms with E-state index in [-0.39, 0.29) is 23.9 Å². The highest BCUT2D eigenvalue weighted by molar-refractivity contribution is 5.83. The summed E-state index contributed by atoms with van der Waals surface area (Å²) in [5, 5.41) is 9.71. The molecule has 4 atom stereocenters. The Hall–Kier alpha value is -1.46. The third-order valence-corrected chi connectivity index (χ3v) is 4.97. The number of fused-ring (bicyclic) bond motifs is 1. The predicted octanol–water partition coefficient (Wildman–Crippen LogP) is 1.66. The van der Waals surface area contributed by atoms with E-state index >= 15 is 0 Å². The second kappa shape index (κ2) is 5.97. The standard InChI is InChI=1S/C17H23FN2O2/c1-19(2)16(11-3-5-14(18)6-4-11)17(22)20-9-12-7-15(21)8-13(12)10-20/h3-6,12-13,15-16,21H,7-10H2,1-2H3/t12-,13+,15?,16?. The highest BCUT2D eigenvalue weighted by Gasteiger charge is 2.43. The maximum Gasteiger partial charge on any atom is 0.244 e. The number of aliphatic hydroxyl groups excluding tert-OH is 1. The first-order chi connectivity index (χ1) is 10.5. The van der Waals surface area contributed by atoms with Crippen molar-refractivity contribution in [2.24, 2.45) is 11.8 Å². The number of carbonyl (C=O) groups is 1. The van der Waals surface area contributed by atoms with E-state index in [0.717, 1.165) is 31.5 Å². The lowest BCUT2D eigenvalue weighted by Gasteiger charge is -2.29. The summed E-state index contributed by atoms with van der Waals surface area (Å²) in [6, 6.07) is 5.77. The van der Waals surface area contributed by atoms with Crippen molar-refractivity contribution in [3.63, 3.8) is 0 Å². The van der Waals surface area contributed by atoms with Gasteiger partial charge in [0.25, 0.3) is 0 Å². The molecule has 4 nitrogen and oxygen atoms in total. The molecule has 2 fully saturated rings. The summed E-state index contributed by atoms with van der Waals surface area (Å²) in [5.41, 5.74) is 0.813. The van der Waals surface area contributed by atoms with Crippen LogP contribution in [0.5, 0.6) is 0 Å². The third-order valence-electron chi connectivity index (χ3n) is 4.97. The SMILES string of the molecule is CN(C)C(C(=O)N1C[C@H]2CC(O)C[C@H]2C1)c1ccc(F)cc1. The molecule has 2 aliphatic rings. The van der Waals surface area contributed by atoms with Gasteiger partial charge in [0.05, 0.1) is 6.10 Å². The van der Waals surface area contributed by atoms with Crippen LogP contribution in [0, 0.1) is 17.7 Å². The second-order valence-electron chi connectivity index (χ2n) is 6.81. The number of carbonyl (C=O) groups excluding carboxylic acids is 1. The maximum absolute atomic E-state index is 13.1. The van der Waals surface area contributed by atoms with Gasteiger partial charge in [-0.1, -0.05) is 12.1 Å². The van der Waals surface area contributed by atoms with Crippen LogP contribution in [0.1, 0.15) is 24.4 Å². The zero-order valence-electron chi connectivity index (χ0n) is 13.1. The monoisotopic (exact) mass is 306 g/mol. The lowest BCUT2D eigenvalue weighted by Crippen LogP contribution is -2.40. The molecule has 1 saturated carbocycles. The van der Waals surface area contributed by atoms with Crippen LogP contribution in [-0.2, 0) is 4.79 Å². The van der Waals surface area contributed by atoms with Crippen molar-refractivity contribution in [1.29, 1.82) is 0 Å². The molecule has 3 rings (SSSR count). The molecule has 2 unspecified atom stereocenters. The Morgan fingerprint density at radius 3 is 2.27 bits per heavy atom. The van der Waals surface area contributed by atoms with Crippen LogP contribution in [0.2, 0.25) is 0 Å². The molecule has 1 aliphatic heterocycles. The van der Waals surface area contributed by atoms with E-state index in [2.05, 4.69) is 0 Å². The number of rotatable bonds is 3. The predicted molar refractivity (Wildman–Crippen MR) is 81.6 cm³/mol. The van der Waals surface area contributed by atoms with E-state index in [1.165, 1.54) is 12.1 Å². The molecule has 5 heteroatoms. The first kappa shape index (κ1) is 15.4. The normalized spacial score (nSPS) is 29.0. The van der Waals surface area contributed by atoms with Crippen molar-refractivity contribution in [2.45, 2.75) is 25.0 Å². The fourth-order valence-corrected chi connectivity index (χ4v) is 3.93. The molecule has 1 heterocycles. The number of likely N-dealkylation sites (tertiary alicyclic amines) is 1. The van der Waals surface area contributed by atoms with Gasteiger partial charge in [-0.25, -0.2) is 4.39 Å². The first-order valence-corrected chi connectivity index (χ1v) is 7.84. The lowest BCUT2D eigenvalue weighted by molar-refractivity contribution is -0.135. The van der Waals surface area contributed by atoms with Gasteiger partial charge in [-0.3, -0.25) is 9.69 Å². The molecule has 1 amide bonds. The van der Waals surface area contributed by atoms with E-state index in [1.54, 1.807) is 12.1 Å². The highest BCUT2D eigenvalue weighted by Crippen LogP contribution is 2.39. The van der Waals surface area contributed by atoms with Crippen LogP contribution in [-0.4, -0.2) is 54.1 Å². The average Bonchev–Trinajstić information content (AvgIpc) is 2.98. The van der Waals surface area contributed by atoms with Gasteiger partial charge in [0.15, 0.2) is 0 Å². The minimum absolute atomic E-state index is 0.0699. The number of amides is 1. The smallest absolute Gasteiger partial charge is 0.244 e. The van der Waals surface area contributed by atoms with E-state index in [9.17, 15) is 14.3 Å². The maximum atomic E-state index is 13.1. The Bertz CT molecular complexity index is 532. The summed E-state index contributed by atoms with van der Waals surface area (Å²) in [4.78, 5) is 16.7. The van der Waals surface area contributed by atoms with Gasteiger partial charge in [-0.2, -0.15) is 0 Å². The van der Waals surface area contributed by atoms with Gasteiger partial charge >= 0.3 is 0 Å². The molecule has 0 spiro atoms. The molecule has 120 valence electrons. The summed E-state index contributed by atoms with van der Waals surface area (Å²) in [5.74, 6) is 0.629. The van der Waals surface area contributed by atoms with Crippen LogP contribution >= 0.6 is 0 Å². The number of hydrogen-bond acceptors (Lipinski definition) is 3. The van der Waals surface area contributed by atoms with E-state index in [0.29, 0.717) is 11.8 Å². The summed E-state index contributed by atoms with van der Waals surface area (Å²) in [6.07, 6.45) is 1.41. The largest absolute Gasteiger partial charge is 0.393 e. The van der Waals surface area contributed by atoms with Gasteiger partial charge in [0, 0.05) is 13.1 Å². The molecule has 0 bridgehead atoms. The van der Waals surface area contributed by atoms with Gasteiger partial charge in [0.1, 0.15) is 11.9 Å². The van der Waals surface area contributed by atoms with Crippen molar-refractivity contribution in [3.8, 4) is 0 Å². The van der Waals surface area contributed by atoms with Crippen molar-refractivity contribution < 1.29 is 14.3 Å². The number of aliphatic hydroxyl groups is 1. The number of nitrogens with zero attached hydrogens (tertiary/aromatic N) is 2. The Morgan fingerprint density at radius 1 is 1.23 bits per heavy atom. The van der Waals surface area contributed by atoms with Crippen LogP contribution in [0.4, 0.5) is 4.39 Å². The van der Waals surface area contributed by atoms with E-state index in [4.69, 9.17) is 0 Å². The molecule has 1 aromatic carbocycles. The van der Waals surface area contributed by atoms with Crippen LogP contribution in [0.25, 0.3) is 0 Å². The fraction of sp³-hybridized carbons (Fsp3) is 0.588. The van der Waals surface area contributed by atoms with Crippen LogP contribution in [0.15, 0.2) is 24.3 Å². The van der Waals surface area contributed by atoms with E-state index < -0.39 is 0 Å². The van der Waals surface area contributed by atoms with Gasteiger partial charge in [-0.05, 0) is 56.5 Å². The zero-order chi connectivity index (χ0) is 15.9. The topological polar surface area (TPSA) is 43.8 Å². The van der Waals surface area contributed by atoms with Gasteiger partial charge in [-0.15, -0.1) is 0 Å². The first-order valence-electron chi connectivity index (χ1n) is 7.84. The fourth-order valence-electron chi connectivity index (χ4n) is 3.93. The summed E-state index contributed by atoms with van der Waals surface area (Å²) >= 11 is 0. The van der Waals surface area contributed by atoms with E-state index in [1.807, 2.05) is 23.9 Å². The van der Waals surface area contributed by atoms with Crippen molar-refractivity contribution in [2.75, 3.05) is 27.2 Å². The van der Waals surface area contributed by atoms with Gasteiger partial charge < -0.3 is 10.0 Å². The Morgan fingerprint density at radius 2 is 1.77 bits per heavy atom. The second-order valence-corrected chi connectivity index (χ2v) is 6.81. The summed E-state index contributed by atoms with van der Waals surface area (Å²) < 4.78 is 13.1. The summed E-state index contributed by atoms with van der Waals surface area (Å²) in [7, 11) is 3.74. The average molecular weight is 306 g/mol. The van der Waals surface area contributed by atoms with Crippen molar-refractivity contribution in [3.05, 3.63) is 35.6 Å². The van der Waals surface area contributed by atoms with Gasteiger partial charge in [0.2, 0.25) is 5.91 Å². The summed E-state index contributed by atoms with van der Waals surface area (Å²) in [6.45, 7) is 1.46. The Labute approximate surface area is 130 Å². The Balaban J connectivity index is 1.75. The molecule has 0 radical (unpaired) electrons. The van der Waals surface area contributed by atoms with Crippen molar-refractivity contribution in [1.82, 2.24) is 9.80 Å². The number of halogens is 1. The quantitative estimate of drug-likeness (QED) is 0.923. The minimum Gasteiger partial charge on any atom is -0.393 e. The minimum atomic E-state index is -0.385. The molecule has 1 N–H and O–H groups in total. The zero-order valence-corrected chi connectivity index (χ0v) is 13.1. The molecule has 1 aromatic rings.